The van der Waals surface area contributed by atoms with Crippen LogP contribution < -0.4 is 14.8 Å². The smallest absolute Gasteiger partial charge is 0.251 e. The first kappa shape index (κ1) is 22.5. The van der Waals surface area contributed by atoms with Gasteiger partial charge in [0.2, 0.25) is 0 Å². The van der Waals surface area contributed by atoms with Gasteiger partial charge in [-0.15, -0.1) is 0 Å². The maximum Gasteiger partial charge on any atom is 0.251 e. The molecular weight excluding hydrogens is 438 g/mol. The van der Waals surface area contributed by atoms with Crippen molar-refractivity contribution < 1.29 is 18.7 Å². The zero-order chi connectivity index (χ0) is 24.2. The number of hydrogen-bond acceptors (Lipinski definition) is 4. The maximum atomic E-state index is 13.2. The number of carbonyl (C=O) groups is 1. The van der Waals surface area contributed by atoms with Gasteiger partial charge in [-0.2, -0.15) is 0 Å². The monoisotopic (exact) mass is 465 g/mol. The quantitative estimate of drug-likeness (QED) is 0.290. The van der Waals surface area contributed by atoms with E-state index in [1.54, 1.807) is 14.2 Å². The topological polar surface area (TPSA) is 60.7 Å². The van der Waals surface area contributed by atoms with Crippen molar-refractivity contribution in [3.8, 4) is 11.5 Å². The largest absolute Gasteiger partial charge is 0.493 e. The Bertz CT molecular complexity index is 1470. The number of rotatable bonds is 8. The minimum atomic E-state index is -0.115. The van der Waals surface area contributed by atoms with Crippen molar-refractivity contribution in [2.75, 3.05) is 20.8 Å². The number of furan rings is 1. The van der Waals surface area contributed by atoms with Crippen LogP contribution in [0.3, 0.4) is 0 Å². The first-order chi connectivity index (χ1) is 17.2. The summed E-state index contributed by atoms with van der Waals surface area (Å²) >= 11 is 0. The second-order valence-electron chi connectivity index (χ2n) is 8.52. The highest BCUT2D eigenvalue weighted by molar-refractivity contribution is 6.08. The number of carbonyl (C=O) groups excluding carboxylic acids is 1. The van der Waals surface area contributed by atoms with Crippen molar-refractivity contribution >= 4 is 27.8 Å². The molecule has 5 nitrogen and oxygen atoms in total. The molecule has 1 heterocycles. The summed E-state index contributed by atoms with van der Waals surface area (Å²) in [7, 11) is 3.25. The average Bonchev–Trinajstić information content (AvgIpc) is 3.29. The lowest BCUT2D eigenvalue weighted by molar-refractivity contribution is 0.0951. The van der Waals surface area contributed by atoms with Crippen LogP contribution in [0.25, 0.3) is 21.9 Å². The molecule has 1 N–H and O–H groups in total. The van der Waals surface area contributed by atoms with Gasteiger partial charge in [0.25, 0.3) is 5.91 Å². The van der Waals surface area contributed by atoms with Crippen molar-refractivity contribution in [3.05, 3.63) is 108 Å². The van der Waals surface area contributed by atoms with Gasteiger partial charge in [0.1, 0.15) is 11.2 Å². The van der Waals surface area contributed by atoms with E-state index in [1.807, 2.05) is 78.9 Å². The second kappa shape index (κ2) is 9.94. The summed E-state index contributed by atoms with van der Waals surface area (Å²) < 4.78 is 16.8. The zero-order valence-corrected chi connectivity index (χ0v) is 19.8. The third kappa shape index (κ3) is 4.71. The molecule has 0 aliphatic carbocycles. The number of fused-ring (bicyclic) bond motifs is 3. The summed E-state index contributed by atoms with van der Waals surface area (Å²) in [5, 5.41) is 5.09. The van der Waals surface area contributed by atoms with Crippen LogP contribution in [0.1, 0.15) is 27.4 Å². The highest BCUT2D eigenvalue weighted by Gasteiger charge is 2.18. The zero-order valence-electron chi connectivity index (χ0n) is 19.8. The maximum absolute atomic E-state index is 13.2. The van der Waals surface area contributed by atoms with Crippen LogP contribution in [0.5, 0.6) is 11.5 Å². The molecule has 0 aliphatic rings. The third-order valence-electron chi connectivity index (χ3n) is 6.35. The molecule has 0 aliphatic heterocycles. The molecule has 0 saturated carbocycles. The molecule has 0 radical (unpaired) electrons. The highest BCUT2D eigenvalue weighted by atomic mass is 16.5. The lowest BCUT2D eigenvalue weighted by Crippen LogP contribution is -2.29. The molecule has 1 aromatic heterocycles. The molecule has 5 heteroatoms. The molecule has 35 heavy (non-hydrogen) atoms. The van der Waals surface area contributed by atoms with Crippen molar-refractivity contribution in [2.24, 2.45) is 0 Å². The Kier molecular flexibility index (Phi) is 6.40. The van der Waals surface area contributed by atoms with E-state index in [0.29, 0.717) is 23.6 Å². The SMILES string of the molecule is COc1ccc(C(CNC(=O)c2ccc3oc4ccccc4c3c2)Cc2ccccc2)cc1OC. The second-order valence-corrected chi connectivity index (χ2v) is 8.52. The molecule has 1 amide bonds. The van der Waals surface area contributed by atoms with Crippen molar-refractivity contribution in [3.63, 3.8) is 0 Å². The minimum absolute atomic E-state index is 0.0552. The molecule has 0 fully saturated rings. The van der Waals surface area contributed by atoms with Gasteiger partial charge in [0.15, 0.2) is 11.5 Å². The van der Waals surface area contributed by atoms with Gasteiger partial charge >= 0.3 is 0 Å². The molecule has 1 unspecified atom stereocenters. The number of methoxy groups -OCH3 is 2. The Morgan fingerprint density at radius 2 is 1.54 bits per heavy atom. The number of ether oxygens (including phenoxy) is 2. The number of nitrogens with one attached hydrogen (secondary N) is 1. The van der Waals surface area contributed by atoms with Gasteiger partial charge in [0.05, 0.1) is 14.2 Å². The van der Waals surface area contributed by atoms with Crippen LogP contribution in [-0.2, 0) is 6.42 Å². The minimum Gasteiger partial charge on any atom is -0.493 e. The number of amides is 1. The lowest BCUT2D eigenvalue weighted by atomic mass is 9.91. The van der Waals surface area contributed by atoms with E-state index in [-0.39, 0.29) is 11.8 Å². The van der Waals surface area contributed by atoms with Crippen molar-refractivity contribution in [1.29, 1.82) is 0 Å². The number of benzene rings is 4. The highest BCUT2D eigenvalue weighted by Crippen LogP contribution is 2.32. The third-order valence-corrected chi connectivity index (χ3v) is 6.35. The van der Waals surface area contributed by atoms with Gasteiger partial charge in [-0.3, -0.25) is 4.79 Å². The van der Waals surface area contributed by atoms with Gasteiger partial charge < -0.3 is 19.2 Å². The van der Waals surface area contributed by atoms with E-state index < -0.39 is 0 Å². The average molecular weight is 466 g/mol. The van der Waals surface area contributed by atoms with E-state index in [0.717, 1.165) is 33.9 Å². The summed E-state index contributed by atoms with van der Waals surface area (Å²) in [5.41, 5.74) is 4.47. The van der Waals surface area contributed by atoms with E-state index in [1.165, 1.54) is 5.56 Å². The Morgan fingerprint density at radius 3 is 2.34 bits per heavy atom. The predicted molar refractivity (Wildman–Crippen MR) is 138 cm³/mol. The van der Waals surface area contributed by atoms with E-state index in [2.05, 4.69) is 17.4 Å². The lowest BCUT2D eigenvalue weighted by Gasteiger charge is -2.20. The molecule has 5 aromatic rings. The predicted octanol–water partition coefficient (Wildman–Crippen LogP) is 6.36. The van der Waals surface area contributed by atoms with E-state index >= 15 is 0 Å². The van der Waals surface area contributed by atoms with Crippen LogP contribution >= 0.6 is 0 Å². The molecule has 0 bridgehead atoms. The van der Waals surface area contributed by atoms with Crippen molar-refractivity contribution in [1.82, 2.24) is 5.32 Å². The number of para-hydroxylation sites is 1. The fourth-order valence-electron chi connectivity index (χ4n) is 4.50. The van der Waals surface area contributed by atoms with Crippen LogP contribution in [0, 0.1) is 0 Å². The summed E-state index contributed by atoms with van der Waals surface area (Å²) in [6, 6.07) is 29.6. The molecular formula is C30H27NO4. The van der Waals surface area contributed by atoms with Crippen LogP contribution in [0.4, 0.5) is 0 Å². The molecule has 1 atom stereocenters. The van der Waals surface area contributed by atoms with Gasteiger partial charge in [-0.1, -0.05) is 54.6 Å². The molecule has 5 rings (SSSR count). The van der Waals surface area contributed by atoms with E-state index in [9.17, 15) is 4.79 Å². The number of hydrogen-bond donors (Lipinski definition) is 1. The molecule has 0 saturated heterocycles. The Morgan fingerprint density at radius 1 is 0.800 bits per heavy atom. The van der Waals surface area contributed by atoms with E-state index in [4.69, 9.17) is 13.9 Å². The molecule has 0 spiro atoms. The van der Waals surface area contributed by atoms with Crippen LogP contribution in [0.2, 0.25) is 0 Å². The van der Waals surface area contributed by atoms with Crippen LogP contribution in [-0.4, -0.2) is 26.7 Å². The van der Waals surface area contributed by atoms with Gasteiger partial charge in [0, 0.05) is 28.8 Å². The molecule has 4 aromatic carbocycles. The standard InChI is InChI=1S/C30H27NO4/c1-33-28-15-12-21(18-29(28)34-2)23(16-20-8-4-3-5-9-20)19-31-30(32)22-13-14-27-25(17-22)24-10-6-7-11-26(24)35-27/h3-15,17-18,23H,16,19H2,1-2H3,(H,31,32). The normalized spacial score (nSPS) is 11.9. The summed E-state index contributed by atoms with van der Waals surface area (Å²) in [4.78, 5) is 13.2. The first-order valence-electron chi connectivity index (χ1n) is 11.6. The summed E-state index contributed by atoms with van der Waals surface area (Å²) in [6.45, 7) is 0.480. The summed E-state index contributed by atoms with van der Waals surface area (Å²) in [5.74, 6) is 1.29. The Hall–Kier alpha value is -4.25. The van der Waals surface area contributed by atoms with Crippen LogP contribution in [0.15, 0.2) is 95.4 Å². The fourth-order valence-corrected chi connectivity index (χ4v) is 4.50. The Balaban J connectivity index is 1.40. The first-order valence-corrected chi connectivity index (χ1v) is 11.6. The molecule has 176 valence electrons. The van der Waals surface area contributed by atoms with Gasteiger partial charge in [-0.25, -0.2) is 0 Å². The van der Waals surface area contributed by atoms with Crippen molar-refractivity contribution in [2.45, 2.75) is 12.3 Å². The summed E-state index contributed by atoms with van der Waals surface area (Å²) in [6.07, 6.45) is 0.780. The Labute approximate surface area is 204 Å². The fraction of sp³-hybridized carbons (Fsp3) is 0.167. The van der Waals surface area contributed by atoms with Gasteiger partial charge in [-0.05, 0) is 53.9 Å².